The zero-order valence-corrected chi connectivity index (χ0v) is 10.8. The highest BCUT2D eigenvalue weighted by Crippen LogP contribution is 2.25. The van der Waals surface area contributed by atoms with Gasteiger partial charge in [-0.15, -0.1) is 0 Å². The molecule has 0 bridgehead atoms. The van der Waals surface area contributed by atoms with E-state index in [4.69, 9.17) is 0 Å². The van der Waals surface area contributed by atoms with Crippen molar-refractivity contribution in [2.75, 3.05) is 11.9 Å². The number of nitrogens with zero attached hydrogens (tertiary/aromatic N) is 3. The summed E-state index contributed by atoms with van der Waals surface area (Å²) in [7, 11) is 1.66. The van der Waals surface area contributed by atoms with E-state index in [0.29, 0.717) is 18.2 Å². The number of hydrogen-bond donors (Lipinski definition) is 0. The second-order valence-electron chi connectivity index (χ2n) is 4.90. The molecule has 1 aliphatic rings. The van der Waals surface area contributed by atoms with Gasteiger partial charge in [-0.25, -0.2) is 14.7 Å². The van der Waals surface area contributed by atoms with Gasteiger partial charge in [-0.1, -0.05) is 19.9 Å². The smallest absolute Gasteiger partial charge is 0.315 e. The van der Waals surface area contributed by atoms with Gasteiger partial charge in [-0.2, -0.15) is 0 Å². The summed E-state index contributed by atoms with van der Waals surface area (Å²) in [5, 5.41) is 0. The molecule has 1 atom stereocenters. The highest BCUT2D eigenvalue weighted by molar-refractivity contribution is 6.20. The summed E-state index contributed by atoms with van der Waals surface area (Å²) < 4.78 is 0. The molecule has 1 unspecified atom stereocenters. The van der Waals surface area contributed by atoms with Crippen LogP contribution in [0.2, 0.25) is 0 Å². The molecule has 1 saturated heterocycles. The Morgan fingerprint density at radius 2 is 2.06 bits per heavy atom. The van der Waals surface area contributed by atoms with Gasteiger partial charge in [0, 0.05) is 13.2 Å². The Hall–Kier alpha value is -1.91. The number of urea groups is 1. The normalized spacial score (nSPS) is 20.1. The number of carbonyl (C=O) groups excluding carboxylic acids is 2. The minimum Gasteiger partial charge on any atom is -0.315 e. The van der Waals surface area contributed by atoms with E-state index >= 15 is 0 Å². The van der Waals surface area contributed by atoms with Gasteiger partial charge in [0.2, 0.25) is 0 Å². The first-order valence-corrected chi connectivity index (χ1v) is 6.04. The van der Waals surface area contributed by atoms with E-state index in [1.54, 1.807) is 31.4 Å². The number of likely N-dealkylation sites (N-methyl/N-ethyl adjacent to an activating group) is 1. The molecule has 1 fully saturated rings. The first-order chi connectivity index (χ1) is 8.52. The average Bonchev–Trinajstić information content (AvgIpc) is 2.54. The molecule has 3 amide bonds. The highest BCUT2D eigenvalue weighted by atomic mass is 16.2. The SMILES string of the molecule is CC(C)CC1C(=O)N(c2ccccn2)C(=O)N1C. The Labute approximate surface area is 106 Å². The monoisotopic (exact) mass is 247 g/mol. The molecule has 0 aliphatic carbocycles. The summed E-state index contributed by atoms with van der Waals surface area (Å²) in [6.07, 6.45) is 2.25. The maximum absolute atomic E-state index is 12.3. The fourth-order valence-corrected chi connectivity index (χ4v) is 2.10. The summed E-state index contributed by atoms with van der Waals surface area (Å²) in [4.78, 5) is 31.1. The van der Waals surface area contributed by atoms with Crippen LogP contribution in [0.15, 0.2) is 24.4 Å². The van der Waals surface area contributed by atoms with Gasteiger partial charge >= 0.3 is 6.03 Å². The van der Waals surface area contributed by atoms with Crippen molar-refractivity contribution in [3.8, 4) is 0 Å². The number of carbonyl (C=O) groups is 2. The third-order valence-corrected chi connectivity index (χ3v) is 3.04. The van der Waals surface area contributed by atoms with Crippen molar-refractivity contribution in [3.05, 3.63) is 24.4 Å². The topological polar surface area (TPSA) is 53.5 Å². The van der Waals surface area contributed by atoms with Crippen molar-refractivity contribution in [3.63, 3.8) is 0 Å². The van der Waals surface area contributed by atoms with E-state index in [1.165, 1.54) is 4.90 Å². The molecule has 0 spiro atoms. The highest BCUT2D eigenvalue weighted by Gasteiger charge is 2.44. The van der Waals surface area contributed by atoms with Gasteiger partial charge in [0.15, 0.2) is 0 Å². The maximum Gasteiger partial charge on any atom is 0.333 e. The minimum atomic E-state index is -0.375. The predicted molar refractivity (Wildman–Crippen MR) is 68.1 cm³/mol. The Kier molecular flexibility index (Phi) is 3.32. The molecule has 2 rings (SSSR count). The lowest BCUT2D eigenvalue weighted by Crippen LogP contribution is -2.32. The van der Waals surface area contributed by atoms with Crippen LogP contribution in [0.5, 0.6) is 0 Å². The zero-order chi connectivity index (χ0) is 13.3. The molecule has 0 aromatic carbocycles. The van der Waals surface area contributed by atoms with E-state index in [9.17, 15) is 9.59 Å². The van der Waals surface area contributed by atoms with E-state index in [-0.39, 0.29) is 18.0 Å². The number of imide groups is 1. The van der Waals surface area contributed by atoms with Gasteiger partial charge in [-0.05, 0) is 24.5 Å². The van der Waals surface area contributed by atoms with Gasteiger partial charge < -0.3 is 4.90 Å². The first kappa shape index (κ1) is 12.5. The predicted octanol–water partition coefficient (Wildman–Crippen LogP) is 1.89. The van der Waals surface area contributed by atoms with E-state index in [1.807, 2.05) is 13.8 Å². The van der Waals surface area contributed by atoms with E-state index in [0.717, 1.165) is 4.90 Å². The number of pyridine rings is 1. The number of anilines is 1. The van der Waals surface area contributed by atoms with Crippen molar-refractivity contribution < 1.29 is 9.59 Å². The van der Waals surface area contributed by atoms with Crippen LogP contribution < -0.4 is 4.90 Å². The molecule has 1 aliphatic heterocycles. The Balaban J connectivity index is 2.29. The molecule has 0 saturated carbocycles. The van der Waals surface area contributed by atoms with Crippen LogP contribution in [0.25, 0.3) is 0 Å². The van der Waals surface area contributed by atoms with Crippen LogP contribution in [-0.4, -0.2) is 34.9 Å². The Bertz CT molecular complexity index is 459. The van der Waals surface area contributed by atoms with Crippen LogP contribution in [0.3, 0.4) is 0 Å². The molecule has 96 valence electrons. The lowest BCUT2D eigenvalue weighted by molar-refractivity contribution is -0.119. The standard InChI is InChI=1S/C13H17N3O2/c1-9(2)8-10-12(17)16(13(18)15(10)3)11-6-4-5-7-14-11/h4-7,9-10H,8H2,1-3H3. The lowest BCUT2D eigenvalue weighted by Gasteiger charge is -2.17. The van der Waals surface area contributed by atoms with Crippen LogP contribution in [-0.2, 0) is 4.79 Å². The molecule has 1 aromatic heterocycles. The quantitative estimate of drug-likeness (QED) is 0.766. The fourth-order valence-electron chi connectivity index (χ4n) is 2.10. The Morgan fingerprint density at radius 1 is 1.33 bits per heavy atom. The third-order valence-electron chi connectivity index (χ3n) is 3.04. The Morgan fingerprint density at radius 3 is 2.61 bits per heavy atom. The first-order valence-electron chi connectivity index (χ1n) is 6.04. The maximum atomic E-state index is 12.3. The van der Waals surface area contributed by atoms with Crippen molar-refractivity contribution in [1.82, 2.24) is 9.88 Å². The van der Waals surface area contributed by atoms with Gasteiger partial charge in [-0.3, -0.25) is 4.79 Å². The minimum absolute atomic E-state index is 0.185. The summed E-state index contributed by atoms with van der Waals surface area (Å²) >= 11 is 0. The summed E-state index contributed by atoms with van der Waals surface area (Å²) in [5.74, 6) is 0.568. The number of hydrogen-bond acceptors (Lipinski definition) is 3. The van der Waals surface area contributed by atoms with Crippen molar-refractivity contribution in [1.29, 1.82) is 0 Å². The summed E-state index contributed by atoms with van der Waals surface area (Å²) in [6.45, 7) is 4.07. The summed E-state index contributed by atoms with van der Waals surface area (Å²) in [5.41, 5.74) is 0. The fraction of sp³-hybridized carbons (Fsp3) is 0.462. The molecule has 5 heteroatoms. The molecule has 0 radical (unpaired) electrons. The van der Waals surface area contributed by atoms with Crippen LogP contribution >= 0.6 is 0 Å². The number of aromatic nitrogens is 1. The van der Waals surface area contributed by atoms with Crippen molar-refractivity contribution >= 4 is 17.8 Å². The van der Waals surface area contributed by atoms with Gasteiger partial charge in [0.05, 0.1) is 0 Å². The average molecular weight is 247 g/mol. The number of rotatable bonds is 3. The molecular formula is C13H17N3O2. The van der Waals surface area contributed by atoms with Crippen molar-refractivity contribution in [2.24, 2.45) is 5.92 Å². The second-order valence-corrected chi connectivity index (χ2v) is 4.90. The molecule has 2 heterocycles. The second kappa shape index (κ2) is 4.76. The van der Waals surface area contributed by atoms with Crippen LogP contribution in [0.4, 0.5) is 10.6 Å². The molecule has 0 N–H and O–H groups in total. The number of amides is 3. The molecule has 5 nitrogen and oxygen atoms in total. The molecule has 1 aromatic rings. The van der Waals surface area contributed by atoms with Gasteiger partial charge in [0.1, 0.15) is 11.9 Å². The van der Waals surface area contributed by atoms with Crippen LogP contribution in [0.1, 0.15) is 20.3 Å². The summed E-state index contributed by atoms with van der Waals surface area (Å²) in [6, 6.07) is 4.51. The largest absolute Gasteiger partial charge is 0.333 e. The molecular weight excluding hydrogens is 230 g/mol. The zero-order valence-electron chi connectivity index (χ0n) is 10.8. The third kappa shape index (κ3) is 2.08. The molecule has 18 heavy (non-hydrogen) atoms. The van der Waals surface area contributed by atoms with E-state index < -0.39 is 0 Å². The van der Waals surface area contributed by atoms with E-state index in [2.05, 4.69) is 4.98 Å². The lowest BCUT2D eigenvalue weighted by atomic mass is 10.0. The van der Waals surface area contributed by atoms with Crippen LogP contribution in [0, 0.1) is 5.92 Å². The van der Waals surface area contributed by atoms with Gasteiger partial charge in [0.25, 0.3) is 5.91 Å². The van der Waals surface area contributed by atoms with Crippen molar-refractivity contribution in [2.45, 2.75) is 26.3 Å².